The maximum Gasteiger partial charge on any atom is 0.234 e. The van der Waals surface area contributed by atoms with Crippen molar-refractivity contribution in [1.29, 1.82) is 0 Å². The van der Waals surface area contributed by atoms with Crippen LogP contribution in [0, 0.1) is 0 Å². The number of rotatable bonds is 6. The Morgan fingerprint density at radius 1 is 0.903 bits per heavy atom. The van der Waals surface area contributed by atoms with Gasteiger partial charge in [0.2, 0.25) is 5.91 Å². The topological polar surface area (TPSA) is 59.8 Å². The number of benzene rings is 3. The lowest BCUT2D eigenvalue weighted by atomic mass is 10.2. The zero-order valence-corrected chi connectivity index (χ0v) is 21.5. The molecule has 0 unspecified atom stereocenters. The Hall–Kier alpha value is -1.94. The van der Waals surface area contributed by atoms with E-state index in [2.05, 4.69) is 63.3 Å². The number of amides is 1. The number of hydrogen-bond donors (Lipinski definition) is 1. The molecule has 9 heteroatoms. The molecule has 0 radical (unpaired) electrons. The van der Waals surface area contributed by atoms with E-state index in [4.69, 9.17) is 0 Å². The van der Waals surface area contributed by atoms with E-state index in [0.29, 0.717) is 10.8 Å². The first-order chi connectivity index (χ1) is 15.0. The summed E-state index contributed by atoms with van der Waals surface area (Å²) in [5.74, 6) is 0.778. The van der Waals surface area contributed by atoms with Gasteiger partial charge in [-0.15, -0.1) is 10.2 Å². The van der Waals surface area contributed by atoms with Gasteiger partial charge in [-0.3, -0.25) is 9.36 Å². The molecule has 1 amide bonds. The third kappa shape index (κ3) is 5.28. The highest BCUT2D eigenvalue weighted by molar-refractivity contribution is 9.11. The molecule has 0 aliphatic carbocycles. The minimum absolute atomic E-state index is 0.141. The number of halogens is 3. The zero-order chi connectivity index (χ0) is 21.8. The van der Waals surface area contributed by atoms with Crippen LogP contribution in [0.5, 0.6) is 0 Å². The Kier molecular flexibility index (Phi) is 7.27. The van der Waals surface area contributed by atoms with E-state index < -0.39 is 0 Å². The molecule has 31 heavy (non-hydrogen) atoms. The summed E-state index contributed by atoms with van der Waals surface area (Å²) in [6, 6.07) is 23.5. The van der Waals surface area contributed by atoms with Crippen molar-refractivity contribution in [3.63, 3.8) is 0 Å². The molecule has 5 nitrogen and oxygen atoms in total. The van der Waals surface area contributed by atoms with Gasteiger partial charge in [-0.1, -0.05) is 76.2 Å². The summed E-state index contributed by atoms with van der Waals surface area (Å²) >= 11 is 11.7. The second kappa shape index (κ2) is 10.1. The number of carbonyl (C=O) groups excluding carboxylic acids is 1. The second-order valence-electron chi connectivity index (χ2n) is 6.42. The number of anilines is 1. The van der Waals surface area contributed by atoms with Crippen LogP contribution in [-0.2, 0) is 4.79 Å². The van der Waals surface area contributed by atoms with E-state index in [-0.39, 0.29) is 11.7 Å². The molecular weight excluding hydrogens is 608 g/mol. The fourth-order valence-corrected chi connectivity index (χ4v) is 6.12. The summed E-state index contributed by atoms with van der Waals surface area (Å²) in [4.78, 5) is 12.7. The lowest BCUT2D eigenvalue weighted by molar-refractivity contribution is -0.113. The molecule has 1 N–H and O–H groups in total. The highest BCUT2D eigenvalue weighted by Gasteiger charge is 2.18. The van der Waals surface area contributed by atoms with Crippen LogP contribution >= 0.6 is 59.6 Å². The lowest BCUT2D eigenvalue weighted by Gasteiger charge is -2.12. The normalized spacial score (nSPS) is 10.8. The van der Waals surface area contributed by atoms with Crippen molar-refractivity contribution in [3.05, 3.63) is 86.2 Å². The van der Waals surface area contributed by atoms with Gasteiger partial charge in [-0.25, -0.2) is 0 Å². The van der Waals surface area contributed by atoms with Crippen molar-refractivity contribution >= 4 is 71.1 Å². The third-order valence-electron chi connectivity index (χ3n) is 4.28. The van der Waals surface area contributed by atoms with Crippen molar-refractivity contribution in [2.75, 3.05) is 11.1 Å². The largest absolute Gasteiger partial charge is 0.323 e. The number of para-hydroxylation sites is 1. The fraction of sp³-hybridized carbons (Fsp3) is 0.0455. The summed E-state index contributed by atoms with van der Waals surface area (Å²) in [7, 11) is 0. The molecule has 0 aliphatic heterocycles. The monoisotopic (exact) mass is 620 g/mol. The second-order valence-corrected chi connectivity index (χ2v) is 9.99. The Bertz CT molecular complexity index is 1190. The lowest BCUT2D eigenvalue weighted by Crippen LogP contribution is -2.15. The molecule has 156 valence electrons. The summed E-state index contributed by atoms with van der Waals surface area (Å²) in [5.41, 5.74) is 2.58. The SMILES string of the molecule is O=C(CSc1nnc(-c2ccccc2)n1-c1ccccc1)Nc1c(Br)cc(Br)cc1Br. The molecule has 1 aromatic heterocycles. The Morgan fingerprint density at radius 3 is 2.16 bits per heavy atom. The fourth-order valence-electron chi connectivity index (χ4n) is 2.91. The van der Waals surface area contributed by atoms with E-state index in [1.165, 1.54) is 11.8 Å². The van der Waals surface area contributed by atoms with Gasteiger partial charge in [0.1, 0.15) is 0 Å². The van der Waals surface area contributed by atoms with Crippen molar-refractivity contribution in [1.82, 2.24) is 14.8 Å². The van der Waals surface area contributed by atoms with Gasteiger partial charge in [0.05, 0.1) is 11.4 Å². The van der Waals surface area contributed by atoms with Gasteiger partial charge < -0.3 is 5.32 Å². The molecule has 3 aromatic carbocycles. The van der Waals surface area contributed by atoms with E-state index in [9.17, 15) is 4.79 Å². The van der Waals surface area contributed by atoms with Crippen LogP contribution in [0.1, 0.15) is 0 Å². The summed E-state index contributed by atoms with van der Waals surface area (Å²) in [5, 5.41) is 12.4. The number of hydrogen-bond acceptors (Lipinski definition) is 4. The van der Waals surface area contributed by atoms with E-state index in [1.54, 1.807) is 0 Å². The maximum atomic E-state index is 12.7. The average Bonchev–Trinajstić information content (AvgIpc) is 3.20. The smallest absolute Gasteiger partial charge is 0.234 e. The Labute approximate surface area is 209 Å². The molecule has 0 saturated heterocycles. The summed E-state index contributed by atoms with van der Waals surface area (Å²) < 4.78 is 4.44. The van der Waals surface area contributed by atoms with Crippen molar-refractivity contribution in [2.45, 2.75) is 5.16 Å². The standard InChI is InChI=1S/C22H15Br3N4OS/c23-15-11-17(24)20(18(25)12-15)26-19(30)13-31-22-28-27-21(14-7-3-1-4-8-14)29(22)16-9-5-2-6-10-16/h1-12H,13H2,(H,26,30). The molecule has 0 spiro atoms. The number of nitrogens with one attached hydrogen (secondary N) is 1. The predicted octanol–water partition coefficient (Wildman–Crippen LogP) is 6.95. The van der Waals surface area contributed by atoms with Crippen LogP contribution in [0.2, 0.25) is 0 Å². The first kappa shape index (κ1) is 22.3. The summed E-state index contributed by atoms with van der Waals surface area (Å²) in [6.07, 6.45) is 0. The van der Waals surface area contributed by atoms with Crippen LogP contribution < -0.4 is 5.32 Å². The van der Waals surface area contributed by atoms with Crippen LogP contribution in [0.25, 0.3) is 17.1 Å². The first-order valence-electron chi connectivity index (χ1n) is 9.16. The molecular formula is C22H15Br3N4OS. The Morgan fingerprint density at radius 2 is 1.52 bits per heavy atom. The Balaban J connectivity index is 1.58. The molecule has 0 atom stereocenters. The molecule has 4 aromatic rings. The minimum Gasteiger partial charge on any atom is -0.323 e. The molecule has 0 fully saturated rings. The molecule has 0 aliphatic rings. The van der Waals surface area contributed by atoms with E-state index in [1.807, 2.05) is 77.4 Å². The van der Waals surface area contributed by atoms with Crippen LogP contribution in [0.15, 0.2) is 91.4 Å². The summed E-state index contributed by atoms with van der Waals surface area (Å²) in [6.45, 7) is 0. The van der Waals surface area contributed by atoms with Gasteiger partial charge in [0, 0.05) is 24.7 Å². The highest BCUT2D eigenvalue weighted by Crippen LogP contribution is 2.35. The first-order valence-corrected chi connectivity index (χ1v) is 12.5. The minimum atomic E-state index is -0.141. The molecule has 0 bridgehead atoms. The van der Waals surface area contributed by atoms with Gasteiger partial charge in [0.15, 0.2) is 11.0 Å². The number of carbonyl (C=O) groups is 1. The van der Waals surface area contributed by atoms with Crippen LogP contribution in [-0.4, -0.2) is 26.4 Å². The average molecular weight is 623 g/mol. The molecule has 0 saturated carbocycles. The molecule has 4 rings (SSSR count). The van der Waals surface area contributed by atoms with Gasteiger partial charge in [0.25, 0.3) is 0 Å². The van der Waals surface area contributed by atoms with E-state index in [0.717, 1.165) is 30.5 Å². The van der Waals surface area contributed by atoms with Crippen LogP contribution in [0.3, 0.4) is 0 Å². The van der Waals surface area contributed by atoms with Crippen molar-refractivity contribution in [2.24, 2.45) is 0 Å². The number of thioether (sulfide) groups is 1. The van der Waals surface area contributed by atoms with Crippen molar-refractivity contribution < 1.29 is 4.79 Å². The third-order valence-corrected chi connectivity index (χ3v) is 6.92. The zero-order valence-electron chi connectivity index (χ0n) is 15.9. The predicted molar refractivity (Wildman–Crippen MR) is 136 cm³/mol. The van der Waals surface area contributed by atoms with Gasteiger partial charge >= 0.3 is 0 Å². The van der Waals surface area contributed by atoms with Gasteiger partial charge in [-0.2, -0.15) is 0 Å². The number of nitrogens with zero attached hydrogens (tertiary/aromatic N) is 3. The quantitative estimate of drug-likeness (QED) is 0.236. The van der Waals surface area contributed by atoms with Crippen molar-refractivity contribution in [3.8, 4) is 17.1 Å². The van der Waals surface area contributed by atoms with E-state index >= 15 is 0 Å². The highest BCUT2D eigenvalue weighted by atomic mass is 79.9. The molecule has 1 heterocycles. The van der Waals surface area contributed by atoms with Gasteiger partial charge in [-0.05, 0) is 56.1 Å². The number of aromatic nitrogens is 3. The maximum absolute atomic E-state index is 12.7. The van der Waals surface area contributed by atoms with Crippen LogP contribution in [0.4, 0.5) is 5.69 Å².